The van der Waals surface area contributed by atoms with Gasteiger partial charge < -0.3 is 4.90 Å². The van der Waals surface area contributed by atoms with Crippen molar-refractivity contribution >= 4 is 0 Å². The van der Waals surface area contributed by atoms with Crippen LogP contribution < -0.4 is 0 Å². The van der Waals surface area contributed by atoms with E-state index < -0.39 is 0 Å². The number of hydrogen-bond acceptors (Lipinski definition) is 1. The first-order chi connectivity index (χ1) is 4.23. The molecule has 0 aromatic rings. The minimum absolute atomic E-state index is 0.800. The third kappa shape index (κ3) is 0.710. The van der Waals surface area contributed by atoms with Crippen LogP contribution in [-0.2, 0) is 0 Å². The first-order valence-electron chi connectivity index (χ1n) is 3.91. The van der Waals surface area contributed by atoms with Crippen LogP contribution in [0.25, 0.3) is 0 Å². The summed E-state index contributed by atoms with van der Waals surface area (Å²) in [4.78, 5) is 2.46. The van der Waals surface area contributed by atoms with E-state index in [1.807, 2.05) is 0 Å². The number of likely N-dealkylation sites (tertiary alicyclic amines) is 1. The van der Waals surface area contributed by atoms with Crippen LogP contribution in [0, 0.1) is 11.3 Å². The van der Waals surface area contributed by atoms with Crippen LogP contribution in [-0.4, -0.2) is 25.0 Å². The molecule has 0 unspecified atom stereocenters. The van der Waals surface area contributed by atoms with Crippen molar-refractivity contribution in [2.45, 2.75) is 19.8 Å². The summed E-state index contributed by atoms with van der Waals surface area (Å²) in [5, 5.41) is 0. The fraction of sp³-hybridized carbons (Fsp3) is 1.00. The Hall–Kier alpha value is -0.0400. The second-order valence-electron chi connectivity index (χ2n) is 3.96. The molecule has 2 rings (SSSR count). The highest BCUT2D eigenvalue weighted by molar-refractivity contribution is 5.04. The molecule has 52 valence electrons. The molecule has 0 bridgehead atoms. The molecular weight excluding hydrogens is 110 g/mol. The van der Waals surface area contributed by atoms with Crippen molar-refractivity contribution in [3.05, 3.63) is 0 Å². The first-order valence-corrected chi connectivity index (χ1v) is 3.91. The molecule has 1 nitrogen and oxygen atoms in total. The fourth-order valence-electron chi connectivity index (χ4n) is 2.23. The molecule has 0 amide bonds. The van der Waals surface area contributed by atoms with Gasteiger partial charge in [-0.2, -0.15) is 0 Å². The van der Waals surface area contributed by atoms with Gasteiger partial charge in [-0.25, -0.2) is 0 Å². The molecule has 2 atom stereocenters. The smallest absolute Gasteiger partial charge is 0.00381 e. The van der Waals surface area contributed by atoms with Gasteiger partial charge in [-0.3, -0.25) is 0 Å². The predicted molar refractivity (Wildman–Crippen MR) is 38.3 cm³/mol. The summed E-state index contributed by atoms with van der Waals surface area (Å²) in [7, 11) is 2.24. The van der Waals surface area contributed by atoms with Crippen molar-refractivity contribution in [2.24, 2.45) is 11.3 Å². The summed E-state index contributed by atoms with van der Waals surface area (Å²) in [6.45, 7) is 5.09. The third-order valence-electron chi connectivity index (χ3n) is 3.17. The lowest BCUT2D eigenvalue weighted by Gasteiger charge is -2.07. The Labute approximate surface area is 57.0 Å². The van der Waals surface area contributed by atoms with Gasteiger partial charge in [-0.15, -0.1) is 0 Å². The van der Waals surface area contributed by atoms with Gasteiger partial charge >= 0.3 is 0 Å². The molecule has 1 aliphatic heterocycles. The lowest BCUT2D eigenvalue weighted by molar-refractivity contribution is 0.379. The van der Waals surface area contributed by atoms with Gasteiger partial charge in [0.05, 0.1) is 0 Å². The van der Waals surface area contributed by atoms with Gasteiger partial charge in [-0.05, 0) is 37.8 Å². The van der Waals surface area contributed by atoms with E-state index in [-0.39, 0.29) is 0 Å². The maximum Gasteiger partial charge on any atom is 0.00381 e. The summed E-state index contributed by atoms with van der Waals surface area (Å²) < 4.78 is 0. The second kappa shape index (κ2) is 1.51. The van der Waals surface area contributed by atoms with Gasteiger partial charge in [0.25, 0.3) is 0 Å². The zero-order valence-electron chi connectivity index (χ0n) is 6.35. The Bertz CT molecular complexity index is 131. The largest absolute Gasteiger partial charge is 0.306 e. The molecule has 1 aliphatic carbocycles. The molecule has 0 aromatic carbocycles. The van der Waals surface area contributed by atoms with E-state index >= 15 is 0 Å². The first kappa shape index (κ1) is 5.72. The SMILES string of the molecule is C[C@H]1C[C@]12CCN(C)C2. The quantitative estimate of drug-likeness (QED) is 0.472. The van der Waals surface area contributed by atoms with E-state index in [4.69, 9.17) is 0 Å². The van der Waals surface area contributed by atoms with Crippen molar-refractivity contribution < 1.29 is 0 Å². The molecular formula is C8H15N. The van der Waals surface area contributed by atoms with Crippen LogP contribution in [0.4, 0.5) is 0 Å². The lowest BCUT2D eigenvalue weighted by atomic mass is 10.0. The number of hydrogen-bond donors (Lipinski definition) is 0. The highest BCUT2D eigenvalue weighted by Gasteiger charge is 2.53. The fourth-order valence-corrected chi connectivity index (χ4v) is 2.23. The van der Waals surface area contributed by atoms with Gasteiger partial charge in [0, 0.05) is 6.54 Å². The molecule has 2 fully saturated rings. The van der Waals surface area contributed by atoms with Gasteiger partial charge in [0.1, 0.15) is 0 Å². The van der Waals surface area contributed by atoms with Crippen LogP contribution in [0.1, 0.15) is 19.8 Å². The summed E-state index contributed by atoms with van der Waals surface area (Å²) in [5.41, 5.74) is 0.800. The summed E-state index contributed by atoms with van der Waals surface area (Å²) in [6.07, 6.45) is 2.96. The highest BCUT2D eigenvalue weighted by Crippen LogP contribution is 2.57. The average molecular weight is 125 g/mol. The number of nitrogens with zero attached hydrogens (tertiary/aromatic N) is 1. The normalized spacial score (nSPS) is 50.7. The molecule has 1 heterocycles. The maximum atomic E-state index is 2.46. The van der Waals surface area contributed by atoms with Crippen molar-refractivity contribution in [3.63, 3.8) is 0 Å². The molecule has 1 saturated heterocycles. The number of rotatable bonds is 0. The second-order valence-corrected chi connectivity index (χ2v) is 3.96. The van der Waals surface area contributed by atoms with E-state index in [1.165, 1.54) is 25.9 Å². The van der Waals surface area contributed by atoms with Gasteiger partial charge in [-0.1, -0.05) is 6.92 Å². The topological polar surface area (TPSA) is 3.24 Å². The summed E-state index contributed by atoms with van der Waals surface area (Å²) >= 11 is 0. The third-order valence-corrected chi connectivity index (χ3v) is 3.17. The molecule has 0 N–H and O–H groups in total. The Morgan fingerprint density at radius 1 is 1.56 bits per heavy atom. The van der Waals surface area contributed by atoms with E-state index in [2.05, 4.69) is 18.9 Å². The standard InChI is InChI=1S/C8H15N/c1-7-5-8(7)3-4-9(2)6-8/h7H,3-6H2,1-2H3/t7-,8-/m0/s1. The van der Waals surface area contributed by atoms with E-state index in [0.29, 0.717) is 0 Å². The molecule has 1 saturated carbocycles. The zero-order valence-corrected chi connectivity index (χ0v) is 6.35. The Morgan fingerprint density at radius 3 is 2.44 bits per heavy atom. The Kier molecular flexibility index (Phi) is 0.963. The van der Waals surface area contributed by atoms with Crippen molar-refractivity contribution in [1.82, 2.24) is 4.90 Å². The Balaban J connectivity index is 2.03. The molecule has 0 aromatic heterocycles. The van der Waals surface area contributed by atoms with E-state index in [0.717, 1.165) is 11.3 Å². The van der Waals surface area contributed by atoms with Gasteiger partial charge in [0.15, 0.2) is 0 Å². The van der Waals surface area contributed by atoms with Crippen LogP contribution >= 0.6 is 0 Å². The zero-order chi connectivity index (χ0) is 6.48. The summed E-state index contributed by atoms with van der Waals surface area (Å²) in [5.74, 6) is 1.03. The van der Waals surface area contributed by atoms with Gasteiger partial charge in [0.2, 0.25) is 0 Å². The predicted octanol–water partition coefficient (Wildman–Crippen LogP) is 1.35. The van der Waals surface area contributed by atoms with Crippen molar-refractivity contribution in [3.8, 4) is 0 Å². The molecule has 9 heavy (non-hydrogen) atoms. The van der Waals surface area contributed by atoms with Crippen molar-refractivity contribution in [2.75, 3.05) is 20.1 Å². The maximum absolute atomic E-state index is 2.46. The Morgan fingerprint density at radius 2 is 2.22 bits per heavy atom. The van der Waals surface area contributed by atoms with E-state index in [9.17, 15) is 0 Å². The van der Waals surface area contributed by atoms with Crippen molar-refractivity contribution in [1.29, 1.82) is 0 Å². The summed E-state index contributed by atoms with van der Waals surface area (Å²) in [6, 6.07) is 0. The van der Waals surface area contributed by atoms with E-state index in [1.54, 1.807) is 0 Å². The van der Waals surface area contributed by atoms with Crippen LogP contribution in [0.5, 0.6) is 0 Å². The van der Waals surface area contributed by atoms with Crippen LogP contribution in [0.3, 0.4) is 0 Å². The monoisotopic (exact) mass is 125 g/mol. The molecule has 1 heteroatoms. The minimum Gasteiger partial charge on any atom is -0.306 e. The molecule has 2 aliphatic rings. The lowest BCUT2D eigenvalue weighted by Crippen LogP contribution is -2.14. The minimum atomic E-state index is 0.800. The van der Waals surface area contributed by atoms with Crippen LogP contribution in [0.15, 0.2) is 0 Å². The molecule has 0 radical (unpaired) electrons. The average Bonchev–Trinajstić information content (AvgIpc) is 2.17. The highest BCUT2D eigenvalue weighted by atomic mass is 15.1. The van der Waals surface area contributed by atoms with Crippen LogP contribution in [0.2, 0.25) is 0 Å². The molecule has 1 spiro atoms.